The normalized spacial score (nSPS) is 21.0. The van der Waals surface area contributed by atoms with Crippen LogP contribution in [0.15, 0.2) is 37.2 Å². The zero-order valence-electron chi connectivity index (χ0n) is 19.5. The first-order valence-electron chi connectivity index (χ1n) is 11.6. The maximum atomic E-state index is 6.59. The summed E-state index contributed by atoms with van der Waals surface area (Å²) >= 11 is 6.59. The average Bonchev–Trinajstić information content (AvgIpc) is 2.80. The Hall–Kier alpha value is -2.15. The van der Waals surface area contributed by atoms with Crippen molar-refractivity contribution in [3.8, 4) is 0 Å². The van der Waals surface area contributed by atoms with Crippen molar-refractivity contribution in [1.29, 1.82) is 0 Å². The van der Waals surface area contributed by atoms with Crippen molar-refractivity contribution >= 4 is 23.1 Å². The summed E-state index contributed by atoms with van der Waals surface area (Å²) in [5, 5.41) is 3.75. The van der Waals surface area contributed by atoms with E-state index in [0.717, 1.165) is 62.0 Å². The van der Waals surface area contributed by atoms with Gasteiger partial charge in [0.2, 0.25) is 0 Å². The smallest absolute Gasteiger partial charge is 0.147 e. The Bertz CT molecular complexity index is 923. The highest BCUT2D eigenvalue weighted by Gasteiger charge is 2.32. The summed E-state index contributed by atoms with van der Waals surface area (Å²) in [6.45, 7) is 14.6. The Kier molecular flexibility index (Phi) is 7.33. The molecular formula is C25H35ClN6. The molecule has 1 N–H and O–H groups in total. The van der Waals surface area contributed by atoms with Crippen molar-refractivity contribution in [1.82, 2.24) is 25.1 Å². The van der Waals surface area contributed by atoms with E-state index in [1.807, 2.05) is 32.4 Å². The Morgan fingerprint density at radius 3 is 2.56 bits per heavy atom. The standard InChI is InChI=1S/C25H35ClN6/c1-18-5-6-21(14-28-18)17-30-9-7-23(8-10-30)32-12-11-31(16-19(32)2)25-24(26)13-22(15-29-25)20(3)27-4/h5-6,13-15,19,23,27H,3,7-12,16-17H2,1-2,4H3. The lowest BCUT2D eigenvalue weighted by Gasteiger charge is -2.47. The lowest BCUT2D eigenvalue weighted by atomic mass is 9.99. The van der Waals surface area contributed by atoms with Gasteiger partial charge in [0.05, 0.1) is 5.02 Å². The van der Waals surface area contributed by atoms with Gasteiger partial charge in [-0.25, -0.2) is 4.98 Å². The molecule has 4 rings (SSSR count). The molecule has 172 valence electrons. The zero-order valence-corrected chi connectivity index (χ0v) is 20.3. The molecule has 2 saturated heterocycles. The third-order valence-electron chi connectivity index (χ3n) is 6.86. The summed E-state index contributed by atoms with van der Waals surface area (Å²) in [4.78, 5) is 16.7. The Morgan fingerprint density at radius 1 is 1.16 bits per heavy atom. The van der Waals surface area contributed by atoms with Gasteiger partial charge in [0.1, 0.15) is 5.82 Å². The fourth-order valence-electron chi connectivity index (χ4n) is 4.94. The molecule has 2 fully saturated rings. The van der Waals surface area contributed by atoms with Crippen LogP contribution in [0.5, 0.6) is 0 Å². The summed E-state index contributed by atoms with van der Waals surface area (Å²) in [7, 11) is 1.86. The highest BCUT2D eigenvalue weighted by molar-refractivity contribution is 6.33. The SMILES string of the molecule is C=C(NC)c1cnc(N2CCN(C3CCN(Cc4ccc(C)nc4)CC3)C(C)C2)c(Cl)c1. The molecule has 1 unspecified atom stereocenters. The molecule has 0 radical (unpaired) electrons. The quantitative estimate of drug-likeness (QED) is 0.716. The van der Waals surface area contributed by atoms with E-state index in [0.29, 0.717) is 17.1 Å². The van der Waals surface area contributed by atoms with Crippen molar-refractivity contribution in [3.05, 3.63) is 59.0 Å². The van der Waals surface area contributed by atoms with Crippen LogP contribution in [0.3, 0.4) is 0 Å². The molecule has 1 atom stereocenters. The summed E-state index contributed by atoms with van der Waals surface area (Å²) in [5.74, 6) is 0.882. The molecule has 6 nitrogen and oxygen atoms in total. The number of halogens is 1. The summed E-state index contributed by atoms with van der Waals surface area (Å²) < 4.78 is 0. The highest BCUT2D eigenvalue weighted by Crippen LogP contribution is 2.29. The van der Waals surface area contributed by atoms with Crippen LogP contribution in [-0.4, -0.2) is 71.6 Å². The minimum Gasteiger partial charge on any atom is -0.388 e. The Balaban J connectivity index is 1.30. The summed E-state index contributed by atoms with van der Waals surface area (Å²) in [5.41, 5.74) is 4.15. The molecule has 0 amide bonds. The number of rotatable bonds is 6. The molecule has 2 aromatic heterocycles. The number of anilines is 1. The zero-order chi connectivity index (χ0) is 22.7. The monoisotopic (exact) mass is 454 g/mol. The number of nitrogens with one attached hydrogen (secondary N) is 1. The molecule has 7 heteroatoms. The molecule has 0 aromatic carbocycles. The van der Waals surface area contributed by atoms with Crippen LogP contribution < -0.4 is 10.2 Å². The predicted molar refractivity (Wildman–Crippen MR) is 133 cm³/mol. The van der Waals surface area contributed by atoms with Crippen molar-refractivity contribution in [2.24, 2.45) is 0 Å². The van der Waals surface area contributed by atoms with Gasteiger partial charge in [-0.05, 0) is 57.5 Å². The van der Waals surface area contributed by atoms with Crippen molar-refractivity contribution in [2.45, 2.75) is 45.3 Å². The van der Waals surface area contributed by atoms with Crippen LogP contribution in [0.1, 0.15) is 36.6 Å². The van der Waals surface area contributed by atoms with Gasteiger partial charge in [0.25, 0.3) is 0 Å². The number of piperidine rings is 1. The van der Waals surface area contributed by atoms with E-state index in [1.165, 1.54) is 18.4 Å². The third kappa shape index (κ3) is 5.25. The molecular weight excluding hydrogens is 420 g/mol. The first kappa shape index (κ1) is 23.0. The van der Waals surface area contributed by atoms with E-state index in [4.69, 9.17) is 11.6 Å². The summed E-state index contributed by atoms with van der Waals surface area (Å²) in [6, 6.07) is 7.40. The summed E-state index contributed by atoms with van der Waals surface area (Å²) in [6.07, 6.45) is 6.33. The van der Waals surface area contributed by atoms with Gasteiger partial charge in [0, 0.05) is 74.7 Å². The lowest BCUT2D eigenvalue weighted by Crippen LogP contribution is -2.57. The fraction of sp³-hybridized carbons (Fsp3) is 0.520. The number of aryl methyl sites for hydroxylation is 1. The van der Waals surface area contributed by atoms with Crippen LogP contribution in [0.25, 0.3) is 5.70 Å². The molecule has 2 aliphatic rings. The predicted octanol–water partition coefficient (Wildman–Crippen LogP) is 3.80. The molecule has 2 aromatic rings. The molecule has 4 heterocycles. The highest BCUT2D eigenvalue weighted by atomic mass is 35.5. The Labute approximate surface area is 197 Å². The third-order valence-corrected chi connectivity index (χ3v) is 7.13. The second kappa shape index (κ2) is 10.2. The van der Waals surface area contributed by atoms with Gasteiger partial charge in [-0.1, -0.05) is 24.2 Å². The average molecular weight is 455 g/mol. The van der Waals surface area contributed by atoms with E-state index in [-0.39, 0.29) is 0 Å². The largest absolute Gasteiger partial charge is 0.388 e. The van der Waals surface area contributed by atoms with Crippen LogP contribution in [0.4, 0.5) is 5.82 Å². The molecule has 0 saturated carbocycles. The van der Waals surface area contributed by atoms with Crippen LogP contribution in [0.2, 0.25) is 5.02 Å². The van der Waals surface area contributed by atoms with Crippen LogP contribution in [-0.2, 0) is 6.54 Å². The van der Waals surface area contributed by atoms with Crippen molar-refractivity contribution < 1.29 is 0 Å². The number of piperazine rings is 1. The molecule has 32 heavy (non-hydrogen) atoms. The van der Waals surface area contributed by atoms with Gasteiger partial charge in [-0.3, -0.25) is 14.8 Å². The fourth-order valence-corrected chi connectivity index (χ4v) is 5.22. The molecule has 0 aliphatic carbocycles. The second-order valence-electron chi connectivity index (χ2n) is 9.11. The first-order chi connectivity index (χ1) is 15.4. The van der Waals surface area contributed by atoms with E-state index < -0.39 is 0 Å². The first-order valence-corrected chi connectivity index (χ1v) is 12.0. The van der Waals surface area contributed by atoms with Gasteiger partial charge in [-0.15, -0.1) is 0 Å². The van der Waals surface area contributed by atoms with Gasteiger partial charge in [0.15, 0.2) is 0 Å². The van der Waals surface area contributed by atoms with Crippen molar-refractivity contribution in [3.63, 3.8) is 0 Å². The number of hydrogen-bond acceptors (Lipinski definition) is 6. The maximum Gasteiger partial charge on any atom is 0.147 e. The lowest BCUT2D eigenvalue weighted by molar-refractivity contribution is 0.0690. The van der Waals surface area contributed by atoms with E-state index >= 15 is 0 Å². The van der Waals surface area contributed by atoms with Gasteiger partial charge in [-0.2, -0.15) is 0 Å². The topological polar surface area (TPSA) is 47.5 Å². The van der Waals surface area contributed by atoms with Crippen molar-refractivity contribution in [2.75, 3.05) is 44.7 Å². The van der Waals surface area contributed by atoms with Gasteiger partial charge >= 0.3 is 0 Å². The number of aromatic nitrogens is 2. The Morgan fingerprint density at radius 2 is 1.94 bits per heavy atom. The minimum absolute atomic E-state index is 0.478. The molecule has 0 spiro atoms. The maximum absolute atomic E-state index is 6.59. The van der Waals surface area contributed by atoms with E-state index in [9.17, 15) is 0 Å². The van der Waals surface area contributed by atoms with Crippen LogP contribution in [0, 0.1) is 6.92 Å². The van der Waals surface area contributed by atoms with E-state index in [1.54, 1.807) is 0 Å². The second-order valence-corrected chi connectivity index (χ2v) is 9.51. The number of hydrogen-bond donors (Lipinski definition) is 1. The molecule has 0 bridgehead atoms. The number of nitrogens with zero attached hydrogens (tertiary/aromatic N) is 5. The van der Waals surface area contributed by atoms with Crippen LogP contribution >= 0.6 is 11.6 Å². The minimum atomic E-state index is 0.478. The molecule has 2 aliphatic heterocycles. The van der Waals surface area contributed by atoms with E-state index in [2.05, 4.69) is 55.6 Å². The van der Waals surface area contributed by atoms with Gasteiger partial charge < -0.3 is 10.2 Å². The number of likely N-dealkylation sites (tertiary alicyclic amines) is 1. The number of pyridine rings is 2.